The first-order valence-corrected chi connectivity index (χ1v) is 26.7. The molecule has 0 saturated carbocycles. The van der Waals surface area contributed by atoms with Crippen LogP contribution in [0.25, 0.3) is 55.6 Å². The van der Waals surface area contributed by atoms with Gasteiger partial charge in [0.2, 0.25) is 0 Å². The lowest BCUT2D eigenvalue weighted by molar-refractivity contribution is 0.632. The maximum Gasteiger partial charge on any atom is 0.198 e. The first-order valence-electron chi connectivity index (χ1n) is 26.7. The van der Waals surface area contributed by atoms with Crippen LogP contribution in [0.2, 0.25) is 0 Å². The molecule has 0 unspecified atom stereocenters. The number of nitrogens with zero attached hydrogens (tertiary/aromatic N) is 2. The van der Waals surface area contributed by atoms with Crippen LogP contribution in [-0.2, 0) is 10.8 Å². The predicted molar refractivity (Wildman–Crippen MR) is 323 cm³/mol. The molecule has 0 aromatic heterocycles. The molecule has 2 heterocycles. The molecule has 0 amide bonds. The van der Waals surface area contributed by atoms with Crippen LogP contribution in [0.5, 0.6) is 0 Å². The highest BCUT2D eigenvalue weighted by Gasteiger charge is 2.43. The maximum absolute atomic E-state index is 4.06. The van der Waals surface area contributed by atoms with Crippen molar-refractivity contribution in [1.82, 2.24) is 0 Å². The summed E-state index contributed by atoms with van der Waals surface area (Å²) in [5.41, 5.74) is 28.8. The van der Waals surface area contributed by atoms with Gasteiger partial charge in [-0.2, -0.15) is 0 Å². The van der Waals surface area contributed by atoms with Gasteiger partial charge in [-0.05, 0) is 138 Å². The third kappa shape index (κ3) is 7.34. The van der Waals surface area contributed by atoms with Crippen LogP contribution >= 0.6 is 0 Å². The number of para-hydroxylation sites is 2. The number of nitrogens with one attached hydrogen (secondary N) is 1. The van der Waals surface area contributed by atoms with E-state index < -0.39 is 0 Å². The second kappa shape index (κ2) is 17.8. The summed E-state index contributed by atoms with van der Waals surface area (Å²) >= 11 is 0. The average Bonchev–Trinajstić information content (AvgIpc) is 3.85. The van der Waals surface area contributed by atoms with Gasteiger partial charge in [0.1, 0.15) is 0 Å². The van der Waals surface area contributed by atoms with Crippen molar-refractivity contribution < 1.29 is 0 Å². The Hall–Kier alpha value is -9.12. The number of fused-ring (bicyclic) bond motifs is 7. The highest BCUT2D eigenvalue weighted by atomic mass is 15.2. The summed E-state index contributed by atoms with van der Waals surface area (Å²) in [6.07, 6.45) is 0. The molecule has 11 aromatic rings. The van der Waals surface area contributed by atoms with Gasteiger partial charge in [0.15, 0.2) is 7.28 Å². The minimum atomic E-state index is -0.222. The molecule has 14 rings (SSSR count). The van der Waals surface area contributed by atoms with Crippen LogP contribution in [0, 0.1) is 0 Å². The van der Waals surface area contributed by atoms with E-state index in [0.717, 1.165) is 35.7 Å². The molecule has 1 N–H and O–H groups in total. The fourth-order valence-corrected chi connectivity index (χ4v) is 12.8. The van der Waals surface area contributed by atoms with Crippen LogP contribution in [0.4, 0.5) is 45.5 Å². The number of hydrogen-bond donors (Lipinski definition) is 1. The standard InChI is InChI=1S/C72H56BN3/c1-71(2)59-26-15-14-25-57(59)67-61(71)43-44-64(74-53-37-31-50(32-38-53)47-19-8-5-9-20-47)68(67)58-45-56(46-66-69(58)73-63-29-18-28-62-70(63)76(66)65-30-17-16-27-60(65)72(62,3)4)75(54-39-33-51(34-40-54)48-21-10-6-11-22-48)55-41-35-52(36-42-55)49-23-12-7-13-24-49/h5-46,73-74H,1-4H3. The summed E-state index contributed by atoms with van der Waals surface area (Å²) in [4.78, 5) is 5.09. The first-order chi connectivity index (χ1) is 37.2. The summed E-state index contributed by atoms with van der Waals surface area (Å²) in [5, 5.41) is 4.06. The summed E-state index contributed by atoms with van der Waals surface area (Å²) in [6, 6.07) is 94.2. The van der Waals surface area contributed by atoms with Gasteiger partial charge >= 0.3 is 0 Å². The zero-order chi connectivity index (χ0) is 51.1. The zero-order valence-corrected chi connectivity index (χ0v) is 43.4. The van der Waals surface area contributed by atoms with Crippen LogP contribution in [0.15, 0.2) is 255 Å². The number of hydrogen-bond acceptors (Lipinski definition) is 3. The van der Waals surface area contributed by atoms with E-state index in [4.69, 9.17) is 0 Å². The quantitative estimate of drug-likeness (QED) is 0.145. The van der Waals surface area contributed by atoms with Crippen LogP contribution in [0.3, 0.4) is 0 Å². The first kappa shape index (κ1) is 45.5. The molecule has 362 valence electrons. The van der Waals surface area contributed by atoms with E-state index in [1.807, 2.05) is 0 Å². The zero-order valence-electron chi connectivity index (χ0n) is 43.4. The smallest absolute Gasteiger partial charge is 0.198 e. The van der Waals surface area contributed by atoms with Gasteiger partial charge in [-0.3, -0.25) is 0 Å². The highest BCUT2D eigenvalue weighted by molar-refractivity contribution is 6.73. The van der Waals surface area contributed by atoms with Crippen molar-refractivity contribution in [2.45, 2.75) is 38.5 Å². The fraction of sp³-hybridized carbons (Fsp3) is 0.0833. The molecule has 0 saturated heterocycles. The molecular weight excluding hydrogens is 918 g/mol. The van der Waals surface area contributed by atoms with Gasteiger partial charge in [-0.1, -0.05) is 227 Å². The Labute approximate surface area is 447 Å². The van der Waals surface area contributed by atoms with E-state index in [2.05, 4.69) is 298 Å². The molecule has 76 heavy (non-hydrogen) atoms. The molecule has 3 nitrogen and oxygen atoms in total. The molecule has 2 aliphatic heterocycles. The summed E-state index contributed by atoms with van der Waals surface area (Å²) in [7, 11) is 0.778. The van der Waals surface area contributed by atoms with Gasteiger partial charge in [0, 0.05) is 56.2 Å². The predicted octanol–water partition coefficient (Wildman–Crippen LogP) is 17.7. The lowest BCUT2D eigenvalue weighted by atomic mass is 9.55. The summed E-state index contributed by atoms with van der Waals surface area (Å²) in [6.45, 7) is 9.58. The number of benzene rings is 11. The van der Waals surface area contributed by atoms with Gasteiger partial charge < -0.3 is 15.1 Å². The van der Waals surface area contributed by atoms with Crippen LogP contribution in [-0.4, -0.2) is 7.28 Å². The van der Waals surface area contributed by atoms with Crippen LogP contribution in [0.1, 0.15) is 49.9 Å². The Balaban J connectivity index is 1.06. The van der Waals surface area contributed by atoms with E-state index in [-0.39, 0.29) is 10.8 Å². The fourth-order valence-electron chi connectivity index (χ4n) is 12.8. The van der Waals surface area contributed by atoms with Gasteiger partial charge in [0.25, 0.3) is 0 Å². The van der Waals surface area contributed by atoms with Crippen molar-refractivity contribution in [2.75, 3.05) is 15.1 Å². The average molecular weight is 974 g/mol. The Kier molecular flexibility index (Phi) is 10.6. The molecule has 4 heteroatoms. The molecule has 3 aliphatic rings. The normalized spacial score (nSPS) is 13.8. The van der Waals surface area contributed by atoms with Crippen molar-refractivity contribution in [3.63, 3.8) is 0 Å². The minimum Gasteiger partial charge on any atom is -0.355 e. The largest absolute Gasteiger partial charge is 0.355 e. The van der Waals surface area contributed by atoms with E-state index in [9.17, 15) is 0 Å². The number of anilines is 8. The summed E-state index contributed by atoms with van der Waals surface area (Å²) in [5.74, 6) is 0. The molecular formula is C72H56BN3. The monoisotopic (exact) mass is 973 g/mol. The molecule has 11 aromatic carbocycles. The molecule has 0 fully saturated rings. The van der Waals surface area contributed by atoms with Gasteiger partial charge in [0.05, 0.1) is 5.69 Å². The summed E-state index contributed by atoms with van der Waals surface area (Å²) < 4.78 is 0. The van der Waals surface area contributed by atoms with Crippen molar-refractivity contribution in [3.8, 4) is 55.6 Å². The molecule has 0 bridgehead atoms. The molecule has 1 aliphatic carbocycles. The van der Waals surface area contributed by atoms with Crippen molar-refractivity contribution in [3.05, 3.63) is 277 Å². The topological polar surface area (TPSA) is 18.5 Å². The second-order valence-corrected chi connectivity index (χ2v) is 21.8. The Morgan fingerprint density at radius 1 is 0.368 bits per heavy atom. The van der Waals surface area contributed by atoms with Crippen LogP contribution < -0.4 is 26.0 Å². The maximum atomic E-state index is 4.06. The second-order valence-electron chi connectivity index (χ2n) is 21.8. The van der Waals surface area contributed by atoms with Crippen molar-refractivity contribution in [2.24, 2.45) is 0 Å². The van der Waals surface area contributed by atoms with E-state index >= 15 is 0 Å². The van der Waals surface area contributed by atoms with E-state index in [0.29, 0.717) is 0 Å². The third-order valence-electron chi connectivity index (χ3n) is 16.7. The van der Waals surface area contributed by atoms with E-state index in [1.54, 1.807) is 0 Å². The lowest BCUT2D eigenvalue weighted by Crippen LogP contribution is -2.45. The minimum absolute atomic E-state index is 0.202. The van der Waals surface area contributed by atoms with Gasteiger partial charge in [-0.15, -0.1) is 0 Å². The third-order valence-corrected chi connectivity index (χ3v) is 16.7. The van der Waals surface area contributed by atoms with Crippen molar-refractivity contribution >= 4 is 63.7 Å². The Morgan fingerprint density at radius 2 is 0.868 bits per heavy atom. The molecule has 0 atom stereocenters. The Bertz CT molecular complexity index is 3930. The van der Waals surface area contributed by atoms with Gasteiger partial charge in [-0.25, -0.2) is 0 Å². The Morgan fingerprint density at radius 3 is 1.47 bits per heavy atom. The highest BCUT2D eigenvalue weighted by Crippen LogP contribution is 2.57. The van der Waals surface area contributed by atoms with Crippen molar-refractivity contribution in [1.29, 1.82) is 0 Å². The number of rotatable bonds is 9. The van der Waals surface area contributed by atoms with E-state index in [1.165, 1.54) is 106 Å². The molecule has 0 radical (unpaired) electrons. The lowest BCUT2D eigenvalue weighted by Gasteiger charge is -2.46. The SMILES string of the molecule is CC1(C)c2ccccc2-c2c1ccc(Nc1ccc(-c3ccccc3)cc1)c2-c1cc(N(c2ccc(-c3ccccc3)cc2)c2ccc(-c3ccccc3)cc2)cc2c1Bc1cccc3c1N2c1ccccc1C3(C)C. The molecule has 0 spiro atoms.